The molecule has 0 spiro atoms. The van der Waals surface area contributed by atoms with Crippen LogP contribution >= 0.6 is 11.8 Å². The predicted molar refractivity (Wildman–Crippen MR) is 196 cm³/mol. The van der Waals surface area contributed by atoms with Crippen molar-refractivity contribution in [2.24, 2.45) is 0 Å². The third kappa shape index (κ3) is 8.69. The van der Waals surface area contributed by atoms with Crippen LogP contribution in [0.4, 0.5) is 5.69 Å². The number of piperidine rings is 1. The number of carbonyl (C=O) groups excluding carboxylic acids is 2. The summed E-state index contributed by atoms with van der Waals surface area (Å²) in [6.45, 7) is 4.19. The Morgan fingerprint density at radius 2 is 1.67 bits per heavy atom. The number of carbonyl (C=O) groups is 2. The van der Waals surface area contributed by atoms with E-state index in [0.29, 0.717) is 47.8 Å². The molecular formula is C38H48N4O6S. The van der Waals surface area contributed by atoms with Crippen molar-refractivity contribution in [2.45, 2.75) is 63.7 Å². The molecule has 49 heavy (non-hydrogen) atoms. The fraction of sp³-hybridized carbons (Fsp3) is 0.447. The van der Waals surface area contributed by atoms with Crippen molar-refractivity contribution in [1.82, 2.24) is 15.5 Å². The van der Waals surface area contributed by atoms with E-state index >= 15 is 0 Å². The van der Waals surface area contributed by atoms with Crippen LogP contribution in [0.3, 0.4) is 0 Å². The molecule has 0 aromatic heterocycles. The van der Waals surface area contributed by atoms with Crippen molar-refractivity contribution in [3.05, 3.63) is 81.5 Å². The molecule has 1 aliphatic heterocycles. The van der Waals surface area contributed by atoms with Gasteiger partial charge in [-0.3, -0.25) is 19.3 Å². The number of aryl methyl sites for hydroxylation is 1. The average Bonchev–Trinajstić information content (AvgIpc) is 3.34. The summed E-state index contributed by atoms with van der Waals surface area (Å²) in [7, 11) is 4.71. The molecule has 5 rings (SSSR count). The van der Waals surface area contributed by atoms with Crippen LogP contribution in [0.2, 0.25) is 0 Å². The standard InChI is InChI=1S/C38H48N4O6S/c1-24(43)39-30-13-11-26-21-34(46-2)36(47-3)37(48-4)35(26)28-12-14-31(33(44)22-29(28)30)41-32(17-20-49-5)38(45)40-27-15-18-42(19-16-27)23-25-9-7-6-8-10-25/h6-10,12,14,21-22,27,30,32H,11,13,15-20,23H2,1-5H3,(H,39,43)(H,40,45)(H,41,44). The first-order chi connectivity index (χ1) is 23.8. The second kappa shape index (κ2) is 16.9. The maximum Gasteiger partial charge on any atom is 0.242 e. The number of hydrogen-bond acceptors (Lipinski definition) is 9. The predicted octanol–water partition coefficient (Wildman–Crippen LogP) is 5.18. The van der Waals surface area contributed by atoms with Crippen molar-refractivity contribution < 1.29 is 23.8 Å². The van der Waals surface area contributed by atoms with Gasteiger partial charge in [0.05, 0.1) is 33.1 Å². The maximum absolute atomic E-state index is 13.9. The Morgan fingerprint density at radius 3 is 2.33 bits per heavy atom. The van der Waals surface area contributed by atoms with Crippen LogP contribution in [-0.2, 0) is 22.6 Å². The zero-order valence-electron chi connectivity index (χ0n) is 29.1. The number of hydrogen-bond donors (Lipinski definition) is 3. The average molecular weight is 689 g/mol. The molecule has 2 atom stereocenters. The molecule has 3 aromatic rings. The van der Waals surface area contributed by atoms with Crippen LogP contribution in [0, 0.1) is 0 Å². The number of methoxy groups -OCH3 is 3. The Morgan fingerprint density at radius 1 is 0.939 bits per heavy atom. The lowest BCUT2D eigenvalue weighted by atomic mass is 9.95. The normalized spacial score (nSPS) is 16.7. The van der Waals surface area contributed by atoms with Crippen molar-refractivity contribution >= 4 is 29.3 Å². The van der Waals surface area contributed by atoms with E-state index in [1.54, 1.807) is 45.2 Å². The minimum absolute atomic E-state index is 0.0714. The first-order valence-electron chi connectivity index (χ1n) is 16.9. The molecule has 11 heteroatoms. The number of anilines is 1. The SMILES string of the molecule is COc1cc2c(c(OC)c1OC)-c1ccc(NC(CCSC)C(=O)NC3CCN(Cc4ccccc4)CC3)c(=O)cc1C(NC(C)=O)CC2. The van der Waals surface area contributed by atoms with E-state index in [0.717, 1.165) is 54.9 Å². The smallest absolute Gasteiger partial charge is 0.242 e. The van der Waals surface area contributed by atoms with Crippen molar-refractivity contribution in [3.8, 4) is 28.4 Å². The summed E-state index contributed by atoms with van der Waals surface area (Å²) in [4.78, 5) is 42.4. The highest BCUT2D eigenvalue weighted by molar-refractivity contribution is 7.98. The van der Waals surface area contributed by atoms with Gasteiger partial charge < -0.3 is 30.2 Å². The van der Waals surface area contributed by atoms with Gasteiger partial charge >= 0.3 is 0 Å². The summed E-state index contributed by atoms with van der Waals surface area (Å²) in [5.74, 6) is 1.92. The van der Waals surface area contributed by atoms with E-state index in [9.17, 15) is 14.4 Å². The van der Waals surface area contributed by atoms with Gasteiger partial charge in [-0.05, 0) is 84.6 Å². The van der Waals surface area contributed by atoms with Crippen molar-refractivity contribution in [2.75, 3.05) is 51.7 Å². The molecule has 1 saturated heterocycles. The highest BCUT2D eigenvalue weighted by Gasteiger charge is 2.30. The first kappa shape index (κ1) is 36.1. The molecule has 10 nitrogen and oxygen atoms in total. The van der Waals surface area contributed by atoms with Crippen LogP contribution < -0.4 is 35.6 Å². The van der Waals surface area contributed by atoms with Crippen LogP contribution in [0.25, 0.3) is 11.1 Å². The third-order valence-corrected chi connectivity index (χ3v) is 10.00. The lowest BCUT2D eigenvalue weighted by molar-refractivity contribution is -0.123. The number of amides is 2. The minimum atomic E-state index is -0.595. The molecule has 1 fully saturated rings. The topological polar surface area (TPSA) is 118 Å². The van der Waals surface area contributed by atoms with Crippen LogP contribution in [0.15, 0.2) is 59.4 Å². The molecule has 0 bridgehead atoms. The number of benzene rings is 2. The van der Waals surface area contributed by atoms with Gasteiger partial charge in [0.15, 0.2) is 11.5 Å². The fourth-order valence-corrected chi connectivity index (χ4v) is 7.37. The molecular weight excluding hydrogens is 641 g/mol. The number of nitrogens with zero attached hydrogens (tertiary/aromatic N) is 1. The number of nitrogens with one attached hydrogen (secondary N) is 3. The van der Waals surface area contributed by atoms with E-state index in [2.05, 4.69) is 45.1 Å². The van der Waals surface area contributed by atoms with Gasteiger partial charge in [-0.15, -0.1) is 0 Å². The molecule has 3 aromatic carbocycles. The molecule has 2 unspecified atom stereocenters. The van der Waals surface area contributed by atoms with Crippen LogP contribution in [-0.4, -0.2) is 75.2 Å². The second-order valence-electron chi connectivity index (χ2n) is 12.6. The maximum atomic E-state index is 13.9. The van der Waals surface area contributed by atoms with Crippen molar-refractivity contribution in [1.29, 1.82) is 0 Å². The molecule has 0 radical (unpaired) electrons. The Kier molecular flexibility index (Phi) is 12.5. The third-order valence-electron chi connectivity index (χ3n) is 9.36. The summed E-state index contributed by atoms with van der Waals surface area (Å²) in [6, 6.07) is 16.6. The molecule has 2 aliphatic rings. The Hall–Kier alpha value is -4.22. The molecule has 262 valence electrons. The Balaban J connectivity index is 1.43. The molecule has 3 N–H and O–H groups in total. The van der Waals surface area contributed by atoms with Crippen LogP contribution in [0.5, 0.6) is 17.2 Å². The number of ether oxygens (including phenoxy) is 3. The Bertz CT molecular complexity index is 1680. The summed E-state index contributed by atoms with van der Waals surface area (Å²) < 4.78 is 17.2. The molecule has 0 saturated carbocycles. The number of thioether (sulfide) groups is 1. The van der Waals surface area contributed by atoms with Gasteiger partial charge in [0, 0.05) is 38.2 Å². The summed E-state index contributed by atoms with van der Waals surface area (Å²) in [6.07, 6.45) is 5.47. The zero-order valence-corrected chi connectivity index (χ0v) is 29.9. The molecule has 1 heterocycles. The quantitative estimate of drug-likeness (QED) is 0.223. The van der Waals surface area contributed by atoms with E-state index in [4.69, 9.17) is 14.2 Å². The van der Waals surface area contributed by atoms with Gasteiger partial charge in [0.2, 0.25) is 23.0 Å². The van der Waals surface area contributed by atoms with Crippen molar-refractivity contribution in [3.63, 3.8) is 0 Å². The van der Waals surface area contributed by atoms with E-state index in [1.165, 1.54) is 12.5 Å². The highest BCUT2D eigenvalue weighted by atomic mass is 32.2. The second-order valence-corrected chi connectivity index (χ2v) is 13.6. The van der Waals surface area contributed by atoms with E-state index in [-0.39, 0.29) is 23.3 Å². The fourth-order valence-electron chi connectivity index (χ4n) is 6.90. The minimum Gasteiger partial charge on any atom is -0.493 e. The monoisotopic (exact) mass is 688 g/mol. The summed E-state index contributed by atoms with van der Waals surface area (Å²) in [5.41, 5.74) is 4.47. The van der Waals surface area contributed by atoms with Gasteiger partial charge in [-0.2, -0.15) is 11.8 Å². The van der Waals surface area contributed by atoms with Gasteiger partial charge in [-0.25, -0.2) is 0 Å². The first-order valence-corrected chi connectivity index (χ1v) is 18.2. The summed E-state index contributed by atoms with van der Waals surface area (Å²) >= 11 is 1.66. The van der Waals surface area contributed by atoms with Gasteiger partial charge in [-0.1, -0.05) is 36.4 Å². The Labute approximate surface area is 293 Å². The lowest BCUT2D eigenvalue weighted by Gasteiger charge is -2.33. The number of fused-ring (bicyclic) bond motifs is 3. The zero-order chi connectivity index (χ0) is 34.9. The number of likely N-dealkylation sites (tertiary alicyclic amines) is 1. The van der Waals surface area contributed by atoms with Gasteiger partial charge in [0.1, 0.15) is 6.04 Å². The van der Waals surface area contributed by atoms with E-state index in [1.807, 2.05) is 24.5 Å². The van der Waals surface area contributed by atoms with Crippen LogP contribution in [0.1, 0.15) is 55.3 Å². The largest absolute Gasteiger partial charge is 0.493 e. The molecule has 2 amide bonds. The number of rotatable bonds is 13. The molecule has 1 aliphatic carbocycles. The lowest BCUT2D eigenvalue weighted by Crippen LogP contribution is -2.49. The van der Waals surface area contributed by atoms with E-state index < -0.39 is 12.1 Å². The summed E-state index contributed by atoms with van der Waals surface area (Å²) in [5, 5.41) is 9.63. The van der Waals surface area contributed by atoms with Gasteiger partial charge in [0.25, 0.3) is 0 Å². The highest BCUT2D eigenvalue weighted by Crippen LogP contribution is 2.50.